The molecule has 1 unspecified atom stereocenters. The Labute approximate surface area is 104 Å². The van der Waals surface area contributed by atoms with Crippen LogP contribution in [0, 0.1) is 17.2 Å². The van der Waals surface area contributed by atoms with E-state index in [0.717, 1.165) is 39.0 Å². The summed E-state index contributed by atoms with van der Waals surface area (Å²) >= 11 is 0. The zero-order valence-electron chi connectivity index (χ0n) is 11.1. The number of carbonyl (C=O) groups is 1. The zero-order valence-corrected chi connectivity index (χ0v) is 11.1. The van der Waals surface area contributed by atoms with Gasteiger partial charge in [-0.15, -0.1) is 0 Å². The highest BCUT2D eigenvalue weighted by Crippen LogP contribution is 2.18. The van der Waals surface area contributed by atoms with Gasteiger partial charge in [-0.3, -0.25) is 9.69 Å². The number of hydrogen-bond acceptors (Lipinski definition) is 3. The summed E-state index contributed by atoms with van der Waals surface area (Å²) in [7, 11) is 0. The van der Waals surface area contributed by atoms with Crippen LogP contribution in [0.1, 0.15) is 33.6 Å². The predicted octanol–water partition coefficient (Wildman–Crippen LogP) is 1.48. The monoisotopic (exact) mass is 237 g/mol. The normalized spacial score (nSPS) is 19.6. The number of likely N-dealkylation sites (tertiary alicyclic amines) is 1. The maximum atomic E-state index is 12.2. The second-order valence-corrected chi connectivity index (χ2v) is 4.63. The molecule has 1 atom stereocenters. The molecule has 4 nitrogen and oxygen atoms in total. The van der Waals surface area contributed by atoms with Gasteiger partial charge < -0.3 is 4.90 Å². The van der Waals surface area contributed by atoms with Crippen molar-refractivity contribution in [1.82, 2.24) is 9.80 Å². The standard InChI is InChI=1S/C13H23N3O/c1-4-15(5-2)13(17)11(3)16-8-6-12(10-14)7-9-16/h11-12H,4-9H2,1-3H3. The van der Waals surface area contributed by atoms with Crippen molar-refractivity contribution in [3.8, 4) is 6.07 Å². The fraction of sp³-hybridized carbons (Fsp3) is 0.846. The van der Waals surface area contributed by atoms with Gasteiger partial charge in [0.15, 0.2) is 0 Å². The summed E-state index contributed by atoms with van der Waals surface area (Å²) in [5.41, 5.74) is 0. The van der Waals surface area contributed by atoms with Crippen LogP contribution < -0.4 is 0 Å². The maximum Gasteiger partial charge on any atom is 0.239 e. The van der Waals surface area contributed by atoms with Gasteiger partial charge in [0.1, 0.15) is 0 Å². The van der Waals surface area contributed by atoms with Crippen molar-refractivity contribution >= 4 is 5.91 Å². The topological polar surface area (TPSA) is 47.3 Å². The number of rotatable bonds is 4. The summed E-state index contributed by atoms with van der Waals surface area (Å²) in [5.74, 6) is 0.396. The number of nitrogens with zero attached hydrogens (tertiary/aromatic N) is 3. The van der Waals surface area contributed by atoms with Crippen molar-refractivity contribution in [2.24, 2.45) is 5.92 Å². The van der Waals surface area contributed by atoms with Crippen molar-refractivity contribution in [1.29, 1.82) is 5.26 Å². The van der Waals surface area contributed by atoms with E-state index in [9.17, 15) is 4.79 Å². The molecule has 1 amide bonds. The first kappa shape index (κ1) is 14.0. The highest BCUT2D eigenvalue weighted by Gasteiger charge is 2.28. The summed E-state index contributed by atoms with van der Waals surface area (Å²) in [5, 5.41) is 8.85. The minimum atomic E-state index is -0.0467. The Bertz CT molecular complexity index is 286. The molecule has 1 fully saturated rings. The second-order valence-electron chi connectivity index (χ2n) is 4.63. The van der Waals surface area contributed by atoms with Crippen LogP contribution in [-0.4, -0.2) is 47.9 Å². The van der Waals surface area contributed by atoms with Crippen LogP contribution >= 0.6 is 0 Å². The molecule has 0 aromatic carbocycles. The van der Waals surface area contributed by atoms with E-state index < -0.39 is 0 Å². The second kappa shape index (κ2) is 6.61. The third kappa shape index (κ3) is 3.44. The van der Waals surface area contributed by atoms with Crippen molar-refractivity contribution in [3.63, 3.8) is 0 Å². The lowest BCUT2D eigenvalue weighted by Crippen LogP contribution is -2.49. The van der Waals surface area contributed by atoms with E-state index in [0.29, 0.717) is 0 Å². The number of carbonyl (C=O) groups excluding carboxylic acids is 1. The zero-order chi connectivity index (χ0) is 12.8. The average molecular weight is 237 g/mol. The van der Waals surface area contributed by atoms with Crippen molar-refractivity contribution in [3.05, 3.63) is 0 Å². The number of nitriles is 1. The lowest BCUT2D eigenvalue weighted by Gasteiger charge is -2.35. The molecule has 0 radical (unpaired) electrons. The Morgan fingerprint density at radius 3 is 2.35 bits per heavy atom. The van der Waals surface area contributed by atoms with Gasteiger partial charge >= 0.3 is 0 Å². The molecule has 4 heteroatoms. The van der Waals surface area contributed by atoms with Gasteiger partial charge in [-0.1, -0.05) is 0 Å². The molecule has 1 aliphatic heterocycles. The van der Waals surface area contributed by atoms with Gasteiger partial charge in [0, 0.05) is 32.1 Å². The maximum absolute atomic E-state index is 12.2. The minimum Gasteiger partial charge on any atom is -0.342 e. The summed E-state index contributed by atoms with van der Waals surface area (Å²) < 4.78 is 0. The quantitative estimate of drug-likeness (QED) is 0.744. The lowest BCUT2D eigenvalue weighted by molar-refractivity contribution is -0.136. The Hall–Kier alpha value is -1.08. The Morgan fingerprint density at radius 2 is 1.94 bits per heavy atom. The van der Waals surface area contributed by atoms with E-state index in [1.54, 1.807) is 0 Å². The fourth-order valence-electron chi connectivity index (χ4n) is 2.37. The Balaban J connectivity index is 2.51. The van der Waals surface area contributed by atoms with E-state index in [1.807, 2.05) is 25.7 Å². The lowest BCUT2D eigenvalue weighted by atomic mass is 9.97. The molecule has 0 spiro atoms. The molecular formula is C13H23N3O. The Kier molecular flexibility index (Phi) is 5.43. The van der Waals surface area contributed by atoms with Crippen LogP contribution in [0.25, 0.3) is 0 Å². The fourth-order valence-corrected chi connectivity index (χ4v) is 2.37. The molecule has 0 aromatic rings. The van der Waals surface area contributed by atoms with E-state index in [1.165, 1.54) is 0 Å². The van der Waals surface area contributed by atoms with E-state index in [2.05, 4.69) is 11.0 Å². The van der Waals surface area contributed by atoms with E-state index in [-0.39, 0.29) is 17.9 Å². The van der Waals surface area contributed by atoms with Gasteiger partial charge in [0.25, 0.3) is 0 Å². The molecule has 0 bridgehead atoms. The van der Waals surface area contributed by atoms with Gasteiger partial charge in [-0.2, -0.15) is 5.26 Å². The molecule has 1 rings (SSSR count). The molecule has 0 saturated carbocycles. The van der Waals surface area contributed by atoms with Crippen LogP contribution in [0.4, 0.5) is 0 Å². The van der Waals surface area contributed by atoms with Crippen LogP contribution in [0.5, 0.6) is 0 Å². The third-order valence-corrected chi connectivity index (χ3v) is 3.69. The third-order valence-electron chi connectivity index (χ3n) is 3.69. The first-order valence-electron chi connectivity index (χ1n) is 6.56. The number of likely N-dealkylation sites (N-methyl/N-ethyl adjacent to an activating group) is 1. The van der Waals surface area contributed by atoms with Gasteiger partial charge in [-0.25, -0.2) is 0 Å². The van der Waals surface area contributed by atoms with Crippen molar-refractivity contribution in [2.45, 2.75) is 39.7 Å². The van der Waals surface area contributed by atoms with E-state index in [4.69, 9.17) is 5.26 Å². The summed E-state index contributed by atoms with van der Waals surface area (Å²) in [4.78, 5) is 16.3. The smallest absolute Gasteiger partial charge is 0.239 e. The summed E-state index contributed by atoms with van der Waals surface area (Å²) in [6, 6.07) is 2.27. The van der Waals surface area contributed by atoms with Crippen LogP contribution in [0.15, 0.2) is 0 Å². The van der Waals surface area contributed by atoms with Gasteiger partial charge in [-0.05, 0) is 33.6 Å². The molecule has 1 saturated heterocycles. The molecule has 1 heterocycles. The SMILES string of the molecule is CCN(CC)C(=O)C(C)N1CCC(C#N)CC1. The number of hydrogen-bond donors (Lipinski definition) is 0. The van der Waals surface area contributed by atoms with Crippen LogP contribution in [-0.2, 0) is 4.79 Å². The predicted molar refractivity (Wildman–Crippen MR) is 67.3 cm³/mol. The van der Waals surface area contributed by atoms with Crippen LogP contribution in [0.2, 0.25) is 0 Å². The minimum absolute atomic E-state index is 0.0467. The average Bonchev–Trinajstić information content (AvgIpc) is 2.39. The Morgan fingerprint density at radius 1 is 1.41 bits per heavy atom. The van der Waals surface area contributed by atoms with Crippen LogP contribution in [0.3, 0.4) is 0 Å². The molecule has 17 heavy (non-hydrogen) atoms. The van der Waals surface area contributed by atoms with Crippen molar-refractivity contribution < 1.29 is 4.79 Å². The van der Waals surface area contributed by atoms with Gasteiger partial charge in [0.2, 0.25) is 5.91 Å². The molecule has 0 aliphatic carbocycles. The highest BCUT2D eigenvalue weighted by atomic mass is 16.2. The first-order chi connectivity index (χ1) is 8.13. The molecule has 0 aromatic heterocycles. The molecular weight excluding hydrogens is 214 g/mol. The van der Waals surface area contributed by atoms with Crippen molar-refractivity contribution in [2.75, 3.05) is 26.2 Å². The summed E-state index contributed by atoms with van der Waals surface area (Å²) in [6.45, 7) is 9.28. The molecule has 96 valence electrons. The molecule has 1 aliphatic rings. The van der Waals surface area contributed by atoms with E-state index >= 15 is 0 Å². The highest BCUT2D eigenvalue weighted by molar-refractivity contribution is 5.81. The number of amides is 1. The summed E-state index contributed by atoms with van der Waals surface area (Å²) in [6.07, 6.45) is 1.79. The largest absolute Gasteiger partial charge is 0.342 e. The molecule has 0 N–H and O–H groups in total. The first-order valence-corrected chi connectivity index (χ1v) is 6.56. The van der Waals surface area contributed by atoms with Gasteiger partial charge in [0.05, 0.1) is 12.1 Å². The number of piperidine rings is 1.